The number of para-hydroxylation sites is 1. The molecule has 0 fully saturated rings. The maximum Gasteiger partial charge on any atom is 0.573 e. The number of hydrogen-bond acceptors (Lipinski definition) is 7. The maximum atomic E-state index is 13.4. The van der Waals surface area contributed by atoms with Gasteiger partial charge in [-0.1, -0.05) is 18.2 Å². The lowest BCUT2D eigenvalue weighted by Crippen LogP contribution is -2.52. The Labute approximate surface area is 206 Å². The third-order valence-corrected chi connectivity index (χ3v) is 6.85. The molecule has 2 heterocycles. The van der Waals surface area contributed by atoms with E-state index in [1.807, 2.05) is 0 Å². The molecule has 0 saturated carbocycles. The average molecular weight is 529 g/mol. The summed E-state index contributed by atoms with van der Waals surface area (Å²) in [6.07, 6.45) is -5.06. The van der Waals surface area contributed by atoms with Crippen LogP contribution >= 0.6 is 11.3 Å². The Morgan fingerprint density at radius 1 is 1.14 bits per heavy atom. The highest BCUT2D eigenvalue weighted by molar-refractivity contribution is 7.20. The first-order valence-electron chi connectivity index (χ1n) is 10.7. The summed E-state index contributed by atoms with van der Waals surface area (Å²) in [6.45, 7) is 5.26. The SMILES string of the molecule is CCOC(=O)c1sc2c(c1C)c(=O)n(C(C)(C)C(=O)O)c(=O)n2CCc1ccccc1OC(F)(F)F. The molecule has 0 bridgehead atoms. The van der Waals surface area contributed by atoms with Crippen molar-refractivity contribution in [1.29, 1.82) is 0 Å². The number of hydrogen-bond donors (Lipinski definition) is 1. The van der Waals surface area contributed by atoms with E-state index in [1.165, 1.54) is 39.0 Å². The zero-order chi connectivity index (χ0) is 27.0. The molecular formula is C23H23F3N2O7S. The molecule has 1 N–H and O–H groups in total. The average Bonchev–Trinajstić information content (AvgIpc) is 3.11. The predicted octanol–water partition coefficient (Wildman–Crippen LogP) is 3.67. The summed E-state index contributed by atoms with van der Waals surface area (Å²) in [5, 5.41) is 9.64. The fourth-order valence-electron chi connectivity index (χ4n) is 3.69. The van der Waals surface area contributed by atoms with E-state index in [0.717, 1.165) is 22.0 Å². The normalized spacial score (nSPS) is 12.1. The van der Waals surface area contributed by atoms with Gasteiger partial charge >= 0.3 is 24.0 Å². The Hall–Kier alpha value is -3.61. The van der Waals surface area contributed by atoms with Crippen LogP contribution in [0.5, 0.6) is 5.75 Å². The van der Waals surface area contributed by atoms with Crippen molar-refractivity contribution < 1.29 is 37.3 Å². The summed E-state index contributed by atoms with van der Waals surface area (Å²) in [7, 11) is 0. The summed E-state index contributed by atoms with van der Waals surface area (Å²) in [5.41, 5.74) is -3.50. The highest BCUT2D eigenvalue weighted by Gasteiger charge is 2.36. The second-order valence-corrected chi connectivity index (χ2v) is 9.30. The number of halogens is 3. The van der Waals surface area contributed by atoms with Crippen LogP contribution in [0.4, 0.5) is 13.2 Å². The van der Waals surface area contributed by atoms with Gasteiger partial charge in [0.2, 0.25) is 0 Å². The first-order chi connectivity index (χ1) is 16.7. The van der Waals surface area contributed by atoms with Gasteiger partial charge in [0.15, 0.2) is 0 Å². The standard InChI is InChI=1S/C23H23F3N2O7S/c1-5-34-19(30)16-12(2)15-17(29)28(22(3,4)20(31)32)21(33)27(18(15)36-16)11-10-13-8-6-7-9-14(13)35-23(24,25)26/h6-9H,5,10-11H2,1-4H3,(H,31,32). The molecule has 0 atom stereocenters. The number of carboxylic acids is 1. The van der Waals surface area contributed by atoms with E-state index in [-0.39, 0.29) is 45.8 Å². The van der Waals surface area contributed by atoms with E-state index in [0.29, 0.717) is 4.57 Å². The molecule has 0 aliphatic rings. The van der Waals surface area contributed by atoms with Crippen LogP contribution in [0.15, 0.2) is 33.9 Å². The van der Waals surface area contributed by atoms with Gasteiger partial charge in [0.1, 0.15) is 21.0 Å². The van der Waals surface area contributed by atoms with Gasteiger partial charge < -0.3 is 14.6 Å². The van der Waals surface area contributed by atoms with Gasteiger partial charge in [-0.05, 0) is 51.3 Å². The van der Waals surface area contributed by atoms with Gasteiger partial charge in [0.25, 0.3) is 5.56 Å². The van der Waals surface area contributed by atoms with Gasteiger partial charge in [0, 0.05) is 6.54 Å². The maximum absolute atomic E-state index is 13.4. The molecule has 0 amide bonds. The fourth-order valence-corrected chi connectivity index (χ4v) is 4.90. The van der Waals surface area contributed by atoms with Gasteiger partial charge in [-0.3, -0.25) is 9.36 Å². The van der Waals surface area contributed by atoms with Crippen molar-refractivity contribution in [3.63, 3.8) is 0 Å². The van der Waals surface area contributed by atoms with Crippen LogP contribution in [-0.2, 0) is 28.0 Å². The molecule has 0 radical (unpaired) electrons. The quantitative estimate of drug-likeness (QED) is 0.444. The van der Waals surface area contributed by atoms with Crippen molar-refractivity contribution in [2.24, 2.45) is 0 Å². The van der Waals surface area contributed by atoms with E-state index in [9.17, 15) is 37.5 Å². The third-order valence-electron chi connectivity index (χ3n) is 5.56. The van der Waals surface area contributed by atoms with Crippen LogP contribution < -0.4 is 16.0 Å². The molecule has 194 valence electrons. The molecule has 13 heteroatoms. The Morgan fingerprint density at radius 2 is 1.78 bits per heavy atom. The number of esters is 1. The number of aryl methyl sites for hydroxylation is 3. The highest BCUT2D eigenvalue weighted by atomic mass is 32.1. The first kappa shape index (κ1) is 27.0. The monoisotopic (exact) mass is 528 g/mol. The van der Waals surface area contributed by atoms with Crippen molar-refractivity contribution >= 4 is 33.5 Å². The second kappa shape index (κ2) is 9.80. The lowest BCUT2D eigenvalue weighted by molar-refractivity contribution is -0.274. The topological polar surface area (TPSA) is 117 Å². The minimum absolute atomic E-state index is 0.0446. The van der Waals surface area contributed by atoms with Crippen LogP contribution in [0.2, 0.25) is 0 Å². The summed E-state index contributed by atoms with van der Waals surface area (Å²) in [5.74, 6) is -2.62. The number of carboxylic acid groups (broad SMARTS) is 1. The molecule has 0 spiro atoms. The first-order valence-corrected chi connectivity index (χ1v) is 11.6. The van der Waals surface area contributed by atoms with Gasteiger partial charge in [-0.2, -0.15) is 0 Å². The Morgan fingerprint density at radius 3 is 2.36 bits per heavy atom. The number of fused-ring (bicyclic) bond motifs is 1. The van der Waals surface area contributed by atoms with Gasteiger partial charge in [-0.25, -0.2) is 19.0 Å². The lowest BCUT2D eigenvalue weighted by atomic mass is 10.1. The van der Waals surface area contributed by atoms with Gasteiger partial charge in [-0.15, -0.1) is 24.5 Å². The van der Waals surface area contributed by atoms with E-state index < -0.39 is 40.8 Å². The summed E-state index contributed by atoms with van der Waals surface area (Å²) in [4.78, 5) is 51.3. The van der Waals surface area contributed by atoms with Crippen molar-refractivity contribution in [3.05, 3.63) is 61.1 Å². The number of nitrogens with zero attached hydrogens (tertiary/aromatic N) is 2. The molecule has 1 aromatic carbocycles. The number of benzene rings is 1. The summed E-state index contributed by atoms with van der Waals surface area (Å²) >= 11 is 0.820. The minimum atomic E-state index is -4.93. The van der Waals surface area contributed by atoms with Crippen LogP contribution in [-0.4, -0.2) is 39.1 Å². The number of carbonyl (C=O) groups excluding carboxylic acids is 1. The van der Waals surface area contributed by atoms with Crippen LogP contribution in [0.3, 0.4) is 0 Å². The molecule has 0 aliphatic heterocycles. The molecule has 0 unspecified atom stereocenters. The number of aromatic nitrogens is 2. The molecule has 3 rings (SSSR count). The van der Waals surface area contributed by atoms with E-state index >= 15 is 0 Å². The smallest absolute Gasteiger partial charge is 0.480 e. The van der Waals surface area contributed by atoms with Crippen molar-refractivity contribution in [2.75, 3.05) is 6.61 Å². The van der Waals surface area contributed by atoms with Crippen molar-refractivity contribution in [1.82, 2.24) is 9.13 Å². The lowest BCUT2D eigenvalue weighted by Gasteiger charge is -2.23. The molecule has 9 nitrogen and oxygen atoms in total. The molecule has 0 saturated heterocycles. The second-order valence-electron chi connectivity index (χ2n) is 8.30. The molecule has 2 aromatic heterocycles. The predicted molar refractivity (Wildman–Crippen MR) is 125 cm³/mol. The van der Waals surface area contributed by atoms with Crippen LogP contribution in [0.1, 0.15) is 41.6 Å². The Balaban J connectivity index is 2.25. The number of ether oxygens (including phenoxy) is 2. The molecule has 3 aromatic rings. The molecular weight excluding hydrogens is 505 g/mol. The van der Waals surface area contributed by atoms with E-state index in [2.05, 4.69) is 4.74 Å². The highest BCUT2D eigenvalue weighted by Crippen LogP contribution is 2.31. The number of aliphatic carboxylic acids is 1. The minimum Gasteiger partial charge on any atom is -0.480 e. The zero-order valence-electron chi connectivity index (χ0n) is 19.8. The zero-order valence-corrected chi connectivity index (χ0v) is 20.6. The molecule has 36 heavy (non-hydrogen) atoms. The Bertz CT molecular complexity index is 1450. The number of rotatable bonds is 8. The third kappa shape index (κ3) is 5.01. The van der Waals surface area contributed by atoms with E-state index in [1.54, 1.807) is 6.92 Å². The summed E-state index contributed by atoms with van der Waals surface area (Å²) in [6, 6.07) is 5.38. The van der Waals surface area contributed by atoms with Crippen LogP contribution in [0.25, 0.3) is 10.2 Å². The van der Waals surface area contributed by atoms with Crippen molar-refractivity contribution in [3.8, 4) is 5.75 Å². The number of alkyl halides is 3. The number of carbonyl (C=O) groups is 2. The van der Waals surface area contributed by atoms with E-state index in [4.69, 9.17) is 4.74 Å². The largest absolute Gasteiger partial charge is 0.573 e. The van der Waals surface area contributed by atoms with Crippen LogP contribution in [0, 0.1) is 6.92 Å². The summed E-state index contributed by atoms with van der Waals surface area (Å²) < 4.78 is 49.3. The van der Waals surface area contributed by atoms with Gasteiger partial charge in [0.05, 0.1) is 12.0 Å². The van der Waals surface area contributed by atoms with Crippen molar-refractivity contribution in [2.45, 2.75) is 52.6 Å². The molecule has 0 aliphatic carbocycles. The fraction of sp³-hybridized carbons (Fsp3) is 0.391. The Kier molecular flexibility index (Phi) is 7.35. The number of thiophene rings is 1.